The molecule has 1 fully saturated rings. The van der Waals surface area contributed by atoms with Gasteiger partial charge in [-0.15, -0.1) is 0 Å². The Morgan fingerprint density at radius 1 is 1.32 bits per heavy atom. The molecule has 1 aromatic heterocycles. The fourth-order valence-electron chi connectivity index (χ4n) is 2.69. The third-order valence-corrected chi connectivity index (χ3v) is 4.21. The van der Waals surface area contributed by atoms with Crippen LogP contribution in [0.2, 0.25) is 0 Å². The first-order chi connectivity index (χ1) is 10.6. The molecule has 1 aromatic rings. The SMILES string of the molecule is CCCCCNC(=O)c1cc(C)nc(N2CCC(C)CC2)n1. The van der Waals surface area contributed by atoms with E-state index in [0.29, 0.717) is 18.2 Å². The molecular weight excluding hydrogens is 276 g/mol. The largest absolute Gasteiger partial charge is 0.351 e. The third-order valence-electron chi connectivity index (χ3n) is 4.21. The highest BCUT2D eigenvalue weighted by Gasteiger charge is 2.19. The molecule has 5 nitrogen and oxygen atoms in total. The number of anilines is 1. The molecule has 0 aliphatic carbocycles. The van der Waals surface area contributed by atoms with Crippen molar-refractivity contribution in [3.63, 3.8) is 0 Å². The molecule has 0 spiro atoms. The Labute approximate surface area is 133 Å². The van der Waals surface area contributed by atoms with Gasteiger partial charge in [0.05, 0.1) is 0 Å². The number of piperidine rings is 1. The van der Waals surface area contributed by atoms with Gasteiger partial charge in [0.1, 0.15) is 5.69 Å². The molecule has 122 valence electrons. The number of carbonyl (C=O) groups excluding carboxylic acids is 1. The molecule has 0 saturated carbocycles. The molecule has 2 rings (SSSR count). The van der Waals surface area contributed by atoms with E-state index in [1.807, 2.05) is 6.92 Å². The van der Waals surface area contributed by atoms with Gasteiger partial charge in [-0.2, -0.15) is 0 Å². The number of rotatable bonds is 6. The molecule has 5 heteroatoms. The van der Waals surface area contributed by atoms with Crippen LogP contribution in [0.1, 0.15) is 62.1 Å². The predicted octanol–water partition coefficient (Wildman–Crippen LogP) is 2.94. The number of hydrogen-bond acceptors (Lipinski definition) is 4. The van der Waals surface area contributed by atoms with Gasteiger partial charge >= 0.3 is 0 Å². The molecule has 0 bridgehead atoms. The minimum Gasteiger partial charge on any atom is -0.351 e. The Morgan fingerprint density at radius 3 is 2.73 bits per heavy atom. The monoisotopic (exact) mass is 304 g/mol. The van der Waals surface area contributed by atoms with Crippen LogP contribution in [0.4, 0.5) is 5.95 Å². The van der Waals surface area contributed by atoms with E-state index < -0.39 is 0 Å². The van der Waals surface area contributed by atoms with Gasteiger partial charge in [0.15, 0.2) is 0 Å². The summed E-state index contributed by atoms with van der Waals surface area (Å²) in [6.45, 7) is 9.02. The maximum atomic E-state index is 12.2. The van der Waals surface area contributed by atoms with Crippen LogP contribution in [0.25, 0.3) is 0 Å². The van der Waals surface area contributed by atoms with Crippen molar-refractivity contribution in [1.29, 1.82) is 0 Å². The van der Waals surface area contributed by atoms with Crippen LogP contribution >= 0.6 is 0 Å². The number of unbranched alkanes of at least 4 members (excludes halogenated alkanes) is 2. The minimum atomic E-state index is -0.0896. The zero-order chi connectivity index (χ0) is 15.9. The van der Waals surface area contributed by atoms with Crippen LogP contribution in [0, 0.1) is 12.8 Å². The lowest BCUT2D eigenvalue weighted by Crippen LogP contribution is -2.35. The Hall–Kier alpha value is -1.65. The quantitative estimate of drug-likeness (QED) is 0.821. The van der Waals surface area contributed by atoms with E-state index in [2.05, 4.69) is 34.0 Å². The number of carbonyl (C=O) groups is 1. The van der Waals surface area contributed by atoms with Gasteiger partial charge in [0.25, 0.3) is 5.91 Å². The van der Waals surface area contributed by atoms with Crippen molar-refractivity contribution in [2.75, 3.05) is 24.5 Å². The van der Waals surface area contributed by atoms with Crippen molar-refractivity contribution in [3.05, 3.63) is 17.5 Å². The van der Waals surface area contributed by atoms with E-state index in [9.17, 15) is 4.79 Å². The van der Waals surface area contributed by atoms with Gasteiger partial charge in [-0.25, -0.2) is 9.97 Å². The summed E-state index contributed by atoms with van der Waals surface area (Å²) in [5, 5.41) is 2.95. The number of amides is 1. The van der Waals surface area contributed by atoms with Crippen LogP contribution in [-0.4, -0.2) is 35.5 Å². The first-order valence-electron chi connectivity index (χ1n) is 8.49. The van der Waals surface area contributed by atoms with Gasteiger partial charge in [-0.1, -0.05) is 26.7 Å². The van der Waals surface area contributed by atoms with Crippen molar-refractivity contribution in [3.8, 4) is 0 Å². The first-order valence-corrected chi connectivity index (χ1v) is 8.49. The molecule has 0 unspecified atom stereocenters. The molecule has 0 radical (unpaired) electrons. The van der Waals surface area contributed by atoms with Crippen LogP contribution in [0.5, 0.6) is 0 Å². The molecule has 1 amide bonds. The summed E-state index contributed by atoms with van der Waals surface area (Å²) < 4.78 is 0. The topological polar surface area (TPSA) is 58.1 Å². The second-order valence-corrected chi connectivity index (χ2v) is 6.33. The second kappa shape index (κ2) is 8.11. The normalized spacial score (nSPS) is 15.9. The second-order valence-electron chi connectivity index (χ2n) is 6.33. The highest BCUT2D eigenvalue weighted by atomic mass is 16.1. The molecule has 22 heavy (non-hydrogen) atoms. The van der Waals surface area contributed by atoms with E-state index in [-0.39, 0.29) is 5.91 Å². The Balaban J connectivity index is 2.01. The summed E-state index contributed by atoms with van der Waals surface area (Å²) in [6.07, 6.45) is 5.63. The average molecular weight is 304 g/mol. The van der Waals surface area contributed by atoms with E-state index in [1.165, 1.54) is 0 Å². The van der Waals surface area contributed by atoms with E-state index in [1.54, 1.807) is 6.07 Å². The number of nitrogens with zero attached hydrogens (tertiary/aromatic N) is 3. The molecular formula is C17H28N4O. The fourth-order valence-corrected chi connectivity index (χ4v) is 2.69. The van der Waals surface area contributed by atoms with Crippen LogP contribution < -0.4 is 10.2 Å². The number of aromatic nitrogens is 2. The average Bonchev–Trinajstić information content (AvgIpc) is 2.51. The summed E-state index contributed by atoms with van der Waals surface area (Å²) >= 11 is 0. The standard InChI is InChI=1S/C17H28N4O/c1-4-5-6-9-18-16(22)15-12-14(3)19-17(20-15)21-10-7-13(2)8-11-21/h12-13H,4-11H2,1-3H3,(H,18,22). The zero-order valence-corrected chi connectivity index (χ0v) is 14.1. The van der Waals surface area contributed by atoms with Crippen LogP contribution in [0.15, 0.2) is 6.07 Å². The van der Waals surface area contributed by atoms with Gasteiger partial charge in [-0.05, 0) is 38.2 Å². The highest BCUT2D eigenvalue weighted by Crippen LogP contribution is 2.20. The first kappa shape index (κ1) is 16.7. The number of aryl methyl sites for hydroxylation is 1. The maximum Gasteiger partial charge on any atom is 0.270 e. The van der Waals surface area contributed by atoms with Gasteiger partial charge in [-0.3, -0.25) is 4.79 Å². The van der Waals surface area contributed by atoms with Gasteiger partial charge in [0.2, 0.25) is 5.95 Å². The predicted molar refractivity (Wildman–Crippen MR) is 89.2 cm³/mol. The Bertz CT molecular complexity index is 495. The van der Waals surface area contributed by atoms with Crippen molar-refractivity contribution in [1.82, 2.24) is 15.3 Å². The van der Waals surface area contributed by atoms with E-state index in [0.717, 1.165) is 56.8 Å². The third kappa shape index (κ3) is 4.68. The molecule has 2 heterocycles. The molecule has 1 aliphatic rings. The molecule has 0 aromatic carbocycles. The summed E-state index contributed by atoms with van der Waals surface area (Å²) in [5.74, 6) is 1.38. The number of nitrogens with one attached hydrogen (secondary N) is 1. The minimum absolute atomic E-state index is 0.0896. The summed E-state index contributed by atoms with van der Waals surface area (Å²) in [5.41, 5.74) is 1.33. The Morgan fingerprint density at radius 2 is 2.05 bits per heavy atom. The molecule has 1 aliphatic heterocycles. The van der Waals surface area contributed by atoms with Crippen molar-refractivity contribution < 1.29 is 4.79 Å². The lowest BCUT2D eigenvalue weighted by Gasteiger charge is -2.30. The van der Waals surface area contributed by atoms with Crippen LogP contribution in [0.3, 0.4) is 0 Å². The summed E-state index contributed by atoms with van der Waals surface area (Å²) in [4.78, 5) is 23.4. The highest BCUT2D eigenvalue weighted by molar-refractivity contribution is 5.92. The lowest BCUT2D eigenvalue weighted by atomic mass is 10.00. The summed E-state index contributed by atoms with van der Waals surface area (Å²) in [7, 11) is 0. The lowest BCUT2D eigenvalue weighted by molar-refractivity contribution is 0.0947. The molecule has 0 atom stereocenters. The van der Waals surface area contributed by atoms with Gasteiger partial charge < -0.3 is 10.2 Å². The number of hydrogen-bond donors (Lipinski definition) is 1. The van der Waals surface area contributed by atoms with E-state index in [4.69, 9.17) is 0 Å². The van der Waals surface area contributed by atoms with Crippen molar-refractivity contribution >= 4 is 11.9 Å². The maximum absolute atomic E-state index is 12.2. The summed E-state index contributed by atoms with van der Waals surface area (Å²) in [6, 6.07) is 1.77. The van der Waals surface area contributed by atoms with Crippen molar-refractivity contribution in [2.45, 2.75) is 52.9 Å². The molecule has 1 N–H and O–H groups in total. The van der Waals surface area contributed by atoms with Crippen LogP contribution in [-0.2, 0) is 0 Å². The zero-order valence-electron chi connectivity index (χ0n) is 14.1. The van der Waals surface area contributed by atoms with Crippen molar-refractivity contribution in [2.24, 2.45) is 5.92 Å². The molecule has 1 saturated heterocycles. The smallest absolute Gasteiger partial charge is 0.270 e. The van der Waals surface area contributed by atoms with E-state index >= 15 is 0 Å². The van der Waals surface area contributed by atoms with Gasteiger partial charge in [0, 0.05) is 25.3 Å². The fraction of sp³-hybridized carbons (Fsp3) is 0.706. The Kier molecular flexibility index (Phi) is 6.16.